The van der Waals surface area contributed by atoms with Crippen LogP contribution < -0.4 is 0 Å². The molecule has 0 aromatic heterocycles. The van der Waals surface area contributed by atoms with Crippen molar-refractivity contribution in [2.24, 2.45) is 11.8 Å². The summed E-state index contributed by atoms with van der Waals surface area (Å²) in [5, 5.41) is 8.74. The summed E-state index contributed by atoms with van der Waals surface area (Å²) in [4.78, 5) is 12.8. The Morgan fingerprint density at radius 3 is 2.69 bits per heavy atom. The zero-order valence-corrected chi connectivity index (χ0v) is 9.25. The lowest BCUT2D eigenvalue weighted by Crippen LogP contribution is -2.51. The highest BCUT2D eigenvalue weighted by Gasteiger charge is 2.34. The standard InChI is InChI=1S/C9H14BrNO2/c1-6(10)3-11-4-8(5-11)7(2)9(12)13/h7-8H,1,3-5H2,2H3,(H,12,13). The first kappa shape index (κ1) is 10.7. The summed E-state index contributed by atoms with van der Waals surface area (Å²) in [5.41, 5.74) is 0. The first-order valence-corrected chi connectivity index (χ1v) is 5.08. The van der Waals surface area contributed by atoms with Gasteiger partial charge in [-0.3, -0.25) is 9.69 Å². The van der Waals surface area contributed by atoms with Crippen molar-refractivity contribution >= 4 is 21.9 Å². The first-order valence-electron chi connectivity index (χ1n) is 4.29. The van der Waals surface area contributed by atoms with Gasteiger partial charge in [-0.1, -0.05) is 29.4 Å². The Bertz CT molecular complexity index is 224. The van der Waals surface area contributed by atoms with Crippen LogP contribution in [0.5, 0.6) is 0 Å². The van der Waals surface area contributed by atoms with Crippen LogP contribution in [0.15, 0.2) is 11.1 Å². The molecule has 1 fully saturated rings. The van der Waals surface area contributed by atoms with Crippen LogP contribution in [0.4, 0.5) is 0 Å². The van der Waals surface area contributed by atoms with E-state index in [-0.39, 0.29) is 5.92 Å². The molecule has 1 atom stereocenters. The van der Waals surface area contributed by atoms with Gasteiger partial charge in [0.1, 0.15) is 0 Å². The summed E-state index contributed by atoms with van der Waals surface area (Å²) < 4.78 is 0.953. The molecule has 1 heterocycles. The van der Waals surface area contributed by atoms with Crippen molar-refractivity contribution in [1.82, 2.24) is 4.90 Å². The smallest absolute Gasteiger partial charge is 0.306 e. The van der Waals surface area contributed by atoms with Crippen molar-refractivity contribution in [3.63, 3.8) is 0 Å². The van der Waals surface area contributed by atoms with Gasteiger partial charge in [0.25, 0.3) is 0 Å². The van der Waals surface area contributed by atoms with E-state index >= 15 is 0 Å². The van der Waals surface area contributed by atoms with Crippen molar-refractivity contribution in [1.29, 1.82) is 0 Å². The Morgan fingerprint density at radius 2 is 2.31 bits per heavy atom. The number of carbonyl (C=O) groups is 1. The lowest BCUT2D eigenvalue weighted by Gasteiger charge is -2.41. The zero-order chi connectivity index (χ0) is 10.0. The van der Waals surface area contributed by atoms with Crippen LogP contribution in [0.2, 0.25) is 0 Å². The number of carboxylic acid groups (broad SMARTS) is 1. The van der Waals surface area contributed by atoms with Crippen molar-refractivity contribution in [3.8, 4) is 0 Å². The summed E-state index contributed by atoms with van der Waals surface area (Å²) in [6, 6.07) is 0. The number of likely N-dealkylation sites (tertiary alicyclic amines) is 1. The van der Waals surface area contributed by atoms with Crippen molar-refractivity contribution in [2.75, 3.05) is 19.6 Å². The number of carboxylic acids is 1. The summed E-state index contributed by atoms with van der Waals surface area (Å²) in [7, 11) is 0. The quantitative estimate of drug-likeness (QED) is 0.820. The van der Waals surface area contributed by atoms with Crippen LogP contribution in [0.1, 0.15) is 6.92 Å². The number of hydrogen-bond donors (Lipinski definition) is 1. The fraction of sp³-hybridized carbons (Fsp3) is 0.667. The van der Waals surface area contributed by atoms with E-state index in [1.807, 2.05) is 0 Å². The molecule has 1 aliphatic heterocycles. The molecular weight excluding hydrogens is 234 g/mol. The van der Waals surface area contributed by atoms with Crippen LogP contribution in [-0.2, 0) is 4.79 Å². The van der Waals surface area contributed by atoms with Crippen LogP contribution in [0, 0.1) is 11.8 Å². The van der Waals surface area contributed by atoms with Gasteiger partial charge in [-0.25, -0.2) is 0 Å². The maximum absolute atomic E-state index is 10.6. The molecule has 0 spiro atoms. The molecular formula is C9H14BrNO2. The number of rotatable bonds is 4. The Morgan fingerprint density at radius 1 is 1.77 bits per heavy atom. The van der Waals surface area contributed by atoms with Gasteiger partial charge in [0, 0.05) is 24.1 Å². The number of hydrogen-bond acceptors (Lipinski definition) is 2. The second-order valence-corrected chi connectivity index (χ2v) is 4.72. The zero-order valence-electron chi connectivity index (χ0n) is 7.66. The maximum atomic E-state index is 10.6. The molecule has 3 nitrogen and oxygen atoms in total. The van der Waals surface area contributed by atoms with Crippen molar-refractivity contribution in [2.45, 2.75) is 6.92 Å². The third kappa shape index (κ3) is 2.81. The monoisotopic (exact) mass is 247 g/mol. The van der Waals surface area contributed by atoms with Gasteiger partial charge in [0.15, 0.2) is 0 Å². The lowest BCUT2D eigenvalue weighted by molar-refractivity contribution is -0.145. The highest BCUT2D eigenvalue weighted by atomic mass is 79.9. The third-order valence-electron chi connectivity index (χ3n) is 2.48. The molecule has 0 aliphatic carbocycles. The van der Waals surface area contributed by atoms with Gasteiger partial charge in [0.05, 0.1) is 5.92 Å². The largest absolute Gasteiger partial charge is 0.481 e. The minimum atomic E-state index is -0.692. The average Bonchev–Trinajstić information content (AvgIpc) is 1.94. The SMILES string of the molecule is C=C(Br)CN1CC(C(C)C(=O)O)C1. The molecule has 0 aromatic carbocycles. The summed E-state index contributed by atoms with van der Waals surface area (Å²) in [6.45, 7) is 8.08. The van der Waals surface area contributed by atoms with Gasteiger partial charge in [0.2, 0.25) is 0 Å². The fourth-order valence-corrected chi connectivity index (χ4v) is 1.85. The summed E-state index contributed by atoms with van der Waals surface area (Å²) >= 11 is 3.28. The van der Waals surface area contributed by atoms with E-state index in [1.54, 1.807) is 6.92 Å². The van der Waals surface area contributed by atoms with E-state index < -0.39 is 5.97 Å². The molecule has 4 heteroatoms. The Kier molecular flexibility index (Phi) is 3.50. The van der Waals surface area contributed by atoms with Gasteiger partial charge in [-0.2, -0.15) is 0 Å². The molecule has 0 saturated carbocycles. The molecule has 1 N–H and O–H groups in total. The minimum absolute atomic E-state index is 0.222. The van der Waals surface area contributed by atoms with Gasteiger partial charge < -0.3 is 5.11 Å². The summed E-state index contributed by atoms with van der Waals surface area (Å²) in [5.74, 6) is -0.605. The van der Waals surface area contributed by atoms with Crippen LogP contribution in [0.25, 0.3) is 0 Å². The molecule has 1 aliphatic rings. The van der Waals surface area contributed by atoms with E-state index in [1.165, 1.54) is 0 Å². The molecule has 1 saturated heterocycles. The molecule has 0 radical (unpaired) electrons. The van der Waals surface area contributed by atoms with Crippen LogP contribution in [0.3, 0.4) is 0 Å². The predicted octanol–water partition coefficient (Wildman–Crippen LogP) is 1.55. The first-order chi connectivity index (χ1) is 6.00. The normalized spacial score (nSPS) is 20.8. The number of halogens is 1. The molecule has 1 rings (SSSR count). The average molecular weight is 248 g/mol. The Balaban J connectivity index is 2.25. The van der Waals surface area contributed by atoms with E-state index in [9.17, 15) is 4.79 Å². The van der Waals surface area contributed by atoms with Crippen LogP contribution >= 0.6 is 15.9 Å². The van der Waals surface area contributed by atoms with Gasteiger partial charge >= 0.3 is 5.97 Å². The second kappa shape index (κ2) is 4.24. The number of nitrogens with zero attached hydrogens (tertiary/aromatic N) is 1. The highest BCUT2D eigenvalue weighted by molar-refractivity contribution is 9.11. The van der Waals surface area contributed by atoms with Gasteiger partial charge in [-0.15, -0.1) is 0 Å². The van der Waals surface area contributed by atoms with Gasteiger partial charge in [-0.05, 0) is 5.92 Å². The third-order valence-corrected chi connectivity index (χ3v) is 2.73. The Labute approximate surface area is 86.5 Å². The van der Waals surface area contributed by atoms with Crippen LogP contribution in [-0.4, -0.2) is 35.6 Å². The fourth-order valence-electron chi connectivity index (χ4n) is 1.50. The number of aliphatic carboxylic acids is 1. The highest BCUT2D eigenvalue weighted by Crippen LogP contribution is 2.25. The van der Waals surface area contributed by atoms with E-state index in [0.29, 0.717) is 5.92 Å². The molecule has 0 amide bonds. The van der Waals surface area contributed by atoms with E-state index in [2.05, 4.69) is 27.4 Å². The molecule has 0 bridgehead atoms. The molecule has 13 heavy (non-hydrogen) atoms. The Hall–Kier alpha value is -0.350. The van der Waals surface area contributed by atoms with E-state index in [4.69, 9.17) is 5.11 Å². The second-order valence-electron chi connectivity index (χ2n) is 3.60. The predicted molar refractivity (Wildman–Crippen MR) is 54.8 cm³/mol. The van der Waals surface area contributed by atoms with Crippen molar-refractivity contribution < 1.29 is 9.90 Å². The lowest BCUT2D eigenvalue weighted by atomic mass is 9.87. The molecule has 0 aromatic rings. The minimum Gasteiger partial charge on any atom is -0.481 e. The van der Waals surface area contributed by atoms with Crippen molar-refractivity contribution in [3.05, 3.63) is 11.1 Å². The van der Waals surface area contributed by atoms with E-state index in [0.717, 1.165) is 24.1 Å². The maximum Gasteiger partial charge on any atom is 0.306 e. The summed E-state index contributed by atoms with van der Waals surface area (Å²) in [6.07, 6.45) is 0. The molecule has 1 unspecified atom stereocenters. The molecule has 74 valence electrons. The topological polar surface area (TPSA) is 40.5 Å².